The number of hydrogen-bond acceptors (Lipinski definition) is 4. The fourth-order valence-corrected chi connectivity index (χ4v) is 8.79. The number of para-hydroxylation sites is 2. The van der Waals surface area contributed by atoms with E-state index in [0.29, 0.717) is 21.5 Å². The normalized spacial score (nSPS) is 15.7. The van der Waals surface area contributed by atoms with Crippen molar-refractivity contribution < 1.29 is 29.1 Å². The maximum Gasteiger partial charge on any atom is 0.143 e. The van der Waals surface area contributed by atoms with Gasteiger partial charge >= 0.3 is 0 Å². The number of rotatable bonds is 7. The van der Waals surface area contributed by atoms with Crippen molar-refractivity contribution in [1.29, 1.82) is 0 Å². The minimum atomic E-state index is -1.03. The van der Waals surface area contributed by atoms with E-state index in [4.69, 9.17) is 25.9 Å². The molecule has 0 aliphatic heterocycles. The molecular weight excluding hydrogens is 761 g/mol. The summed E-state index contributed by atoms with van der Waals surface area (Å²) in [5, 5.41) is 6.24. The smallest absolute Gasteiger partial charge is 0.143 e. The quantitative estimate of drug-likeness (QED) is 0.160. The Morgan fingerprint density at radius 2 is 1.03 bits per heavy atom. The average Bonchev–Trinajstić information content (AvgIpc) is 4.07. The van der Waals surface area contributed by atoms with Gasteiger partial charge in [0.1, 0.15) is 16.2 Å². The van der Waals surface area contributed by atoms with Crippen LogP contribution in [0.5, 0.6) is 0 Å². The van der Waals surface area contributed by atoms with Gasteiger partial charge in [-0.05, 0) is 128 Å². The summed E-state index contributed by atoms with van der Waals surface area (Å²) >= 11 is 1.65. The molecule has 2 aromatic heterocycles. The van der Waals surface area contributed by atoms with Gasteiger partial charge in [-0.25, -0.2) is 4.98 Å². The van der Waals surface area contributed by atoms with Crippen molar-refractivity contribution in [2.45, 2.75) is 0 Å². The van der Waals surface area contributed by atoms with E-state index >= 15 is 0 Å². The first-order valence-electron chi connectivity index (χ1n) is 28.1. The standard InChI is InChI=1S/C57H36N2OS/c1-3-11-37(12-4-1)38-19-26-44(27-20-38)59(43-13-5-2-6-14-43)45-28-21-39(22-29-45)40-23-31-50-51-32-25-42-35-41(24-30-47(42)56(51)60-54(50)36-40)46-33-34-52(49-16-8-7-15-48(46)49)57-58-53-17-9-10-18-55(53)61-57/h1-36H/i1D,2D,3D,4D,5D,6D,11D,12D,13D,14D,19D,20D,21D,22D,26D,27D,28D,29D. The number of anilines is 3. The molecule has 10 aromatic carbocycles. The highest BCUT2D eigenvalue weighted by molar-refractivity contribution is 7.21. The maximum absolute atomic E-state index is 9.49. The van der Waals surface area contributed by atoms with Crippen molar-refractivity contribution in [3.05, 3.63) is 218 Å². The Balaban J connectivity index is 0.986. The van der Waals surface area contributed by atoms with Crippen LogP contribution in [-0.2, 0) is 0 Å². The highest BCUT2D eigenvalue weighted by atomic mass is 32.1. The Hall–Kier alpha value is -7.79. The number of thiazole rings is 1. The van der Waals surface area contributed by atoms with Gasteiger partial charge in [-0.3, -0.25) is 0 Å². The van der Waals surface area contributed by atoms with Gasteiger partial charge in [0.2, 0.25) is 0 Å². The van der Waals surface area contributed by atoms with Crippen LogP contribution in [0, 0.1) is 0 Å². The second-order valence-electron chi connectivity index (χ2n) is 14.1. The lowest BCUT2D eigenvalue weighted by atomic mass is 9.93. The van der Waals surface area contributed by atoms with Crippen molar-refractivity contribution in [3.8, 4) is 44.0 Å². The van der Waals surface area contributed by atoms with Crippen LogP contribution in [0.3, 0.4) is 0 Å². The first-order valence-corrected chi connectivity index (χ1v) is 20.0. The monoisotopic (exact) mass is 814 g/mol. The molecule has 0 aliphatic rings. The zero-order valence-electron chi connectivity index (χ0n) is 49.6. The highest BCUT2D eigenvalue weighted by Gasteiger charge is 2.17. The zero-order valence-corrected chi connectivity index (χ0v) is 32.4. The van der Waals surface area contributed by atoms with Gasteiger partial charge in [0.15, 0.2) is 0 Å². The number of aromatic nitrogens is 1. The molecule has 0 saturated heterocycles. The fourth-order valence-electron chi connectivity index (χ4n) is 7.78. The zero-order chi connectivity index (χ0) is 55.9. The van der Waals surface area contributed by atoms with Crippen LogP contribution >= 0.6 is 11.3 Å². The molecule has 0 atom stereocenters. The van der Waals surface area contributed by atoms with E-state index in [1.54, 1.807) is 29.5 Å². The van der Waals surface area contributed by atoms with Crippen LogP contribution < -0.4 is 4.90 Å². The molecule has 0 fully saturated rings. The third-order valence-corrected chi connectivity index (χ3v) is 11.7. The summed E-state index contributed by atoms with van der Waals surface area (Å²) in [4.78, 5) is 5.50. The van der Waals surface area contributed by atoms with Crippen molar-refractivity contribution >= 4 is 82.1 Å². The molecule has 4 heteroatoms. The van der Waals surface area contributed by atoms with E-state index in [2.05, 4.69) is 36.4 Å². The van der Waals surface area contributed by atoms with Crippen LogP contribution in [0.25, 0.3) is 97.7 Å². The van der Waals surface area contributed by atoms with E-state index in [9.17, 15) is 8.22 Å². The van der Waals surface area contributed by atoms with Crippen LogP contribution in [0.1, 0.15) is 24.7 Å². The highest BCUT2D eigenvalue weighted by Crippen LogP contribution is 2.42. The van der Waals surface area contributed by atoms with Gasteiger partial charge in [0.25, 0.3) is 0 Å². The van der Waals surface area contributed by atoms with E-state index < -0.39 is 137 Å². The molecule has 0 amide bonds. The van der Waals surface area contributed by atoms with E-state index in [0.717, 1.165) is 58.8 Å². The molecule has 0 aliphatic carbocycles. The maximum atomic E-state index is 9.49. The van der Waals surface area contributed by atoms with Crippen molar-refractivity contribution in [2.24, 2.45) is 0 Å². The van der Waals surface area contributed by atoms with E-state index in [-0.39, 0.29) is 11.1 Å². The van der Waals surface area contributed by atoms with Crippen LogP contribution in [0.4, 0.5) is 17.1 Å². The summed E-state index contributed by atoms with van der Waals surface area (Å²) in [5.41, 5.74) is 0.963. The lowest BCUT2D eigenvalue weighted by molar-refractivity contribution is 0.673. The summed E-state index contributed by atoms with van der Waals surface area (Å²) in [7, 11) is 0. The summed E-state index contributed by atoms with van der Waals surface area (Å²) in [5.74, 6) is 0. The van der Waals surface area contributed by atoms with Gasteiger partial charge < -0.3 is 9.32 Å². The Morgan fingerprint density at radius 1 is 0.443 bits per heavy atom. The second kappa shape index (κ2) is 14.5. The van der Waals surface area contributed by atoms with Gasteiger partial charge in [0.05, 0.1) is 34.9 Å². The predicted molar refractivity (Wildman–Crippen MR) is 258 cm³/mol. The molecule has 3 nitrogen and oxygen atoms in total. The minimum Gasteiger partial charge on any atom is -0.455 e. The number of hydrogen-bond donors (Lipinski definition) is 0. The van der Waals surface area contributed by atoms with Gasteiger partial charge in [-0.2, -0.15) is 0 Å². The Morgan fingerprint density at radius 3 is 1.79 bits per heavy atom. The molecule has 0 saturated carbocycles. The average molecular weight is 815 g/mol. The summed E-state index contributed by atoms with van der Waals surface area (Å²) in [6.07, 6.45) is 0. The van der Waals surface area contributed by atoms with Gasteiger partial charge in [-0.1, -0.05) is 139 Å². The van der Waals surface area contributed by atoms with Crippen LogP contribution in [0.15, 0.2) is 222 Å². The Bertz CT molecular complexity index is 4540. The van der Waals surface area contributed by atoms with Crippen LogP contribution in [-0.4, -0.2) is 4.98 Å². The SMILES string of the molecule is [2H]c1c([2H])c([2H])c(-c2c([2H])c([2H])c(N(c3c([2H])c([2H])c([2H])c([2H])c3[2H])c3c([2H])c([2H])c(-c4ccc5c(c4)oc4c6ccc(-c7ccc(-c8nc9ccccc9s8)c8ccccc78)cc6ccc54)c([2H])c3[2H])c([2H])c2[2H])c([2H])c1[2H]. The Labute approximate surface area is 382 Å². The molecule has 0 N–H and O–H groups in total. The topological polar surface area (TPSA) is 29.3 Å². The molecule has 0 unspecified atom stereocenters. The fraction of sp³-hybridized carbons (Fsp3) is 0. The number of furan rings is 1. The first kappa shape index (κ1) is 21.5. The lowest BCUT2D eigenvalue weighted by Crippen LogP contribution is -2.09. The molecule has 12 rings (SSSR count). The Kier molecular flexibility index (Phi) is 5.10. The summed E-state index contributed by atoms with van der Waals surface area (Å²) in [6, 6.07) is 19.8. The molecule has 2 heterocycles. The van der Waals surface area contributed by atoms with Gasteiger partial charge in [-0.15, -0.1) is 11.3 Å². The molecule has 0 bridgehead atoms. The largest absolute Gasteiger partial charge is 0.455 e. The lowest BCUT2D eigenvalue weighted by Gasteiger charge is -2.26. The summed E-state index contributed by atoms with van der Waals surface area (Å²) in [6.45, 7) is 0. The molecule has 61 heavy (non-hydrogen) atoms. The van der Waals surface area contributed by atoms with E-state index in [1.807, 2.05) is 54.6 Å². The third kappa shape index (κ3) is 6.16. The molecule has 286 valence electrons. The van der Waals surface area contributed by atoms with E-state index in [1.165, 1.54) is 0 Å². The van der Waals surface area contributed by atoms with Gasteiger partial charge in [0, 0.05) is 38.8 Å². The molecule has 0 spiro atoms. The molecular formula is C57H36N2OS. The van der Waals surface area contributed by atoms with Crippen molar-refractivity contribution in [2.75, 3.05) is 4.90 Å². The van der Waals surface area contributed by atoms with Crippen molar-refractivity contribution in [3.63, 3.8) is 0 Å². The molecule has 0 radical (unpaired) electrons. The predicted octanol–water partition coefficient (Wildman–Crippen LogP) is 16.6. The first-order chi connectivity index (χ1) is 37.7. The number of nitrogens with zero attached hydrogens (tertiary/aromatic N) is 2. The minimum absolute atomic E-state index is 0.185. The molecule has 12 aromatic rings. The number of benzene rings is 10. The second-order valence-corrected chi connectivity index (χ2v) is 15.2. The van der Waals surface area contributed by atoms with Crippen molar-refractivity contribution in [1.82, 2.24) is 4.98 Å². The third-order valence-electron chi connectivity index (χ3n) is 10.6. The summed E-state index contributed by atoms with van der Waals surface area (Å²) < 4.78 is 167. The van der Waals surface area contributed by atoms with Crippen LogP contribution in [0.2, 0.25) is 0 Å². The number of fused-ring (bicyclic) bond motifs is 7.